The summed E-state index contributed by atoms with van der Waals surface area (Å²) in [6.45, 7) is 18.5. The molecule has 0 unspecified atom stereocenters. The Kier molecular flexibility index (Phi) is 19.5. The molecule has 706 valence electrons. The third-order valence-electron chi connectivity index (χ3n) is 32.5. The highest BCUT2D eigenvalue weighted by Crippen LogP contribution is 2.59. The van der Waals surface area contributed by atoms with E-state index in [0.717, 1.165) is 108 Å². The summed E-state index contributed by atoms with van der Waals surface area (Å²) in [5.74, 6) is 2.26. The highest BCUT2D eigenvalue weighted by atomic mass is 32.1. The summed E-state index contributed by atoms with van der Waals surface area (Å²) in [5.41, 5.74) is 42.4. The van der Waals surface area contributed by atoms with Crippen molar-refractivity contribution in [3.63, 3.8) is 0 Å². The van der Waals surface area contributed by atoms with Gasteiger partial charge < -0.3 is 18.3 Å². The molecule has 0 bridgehead atoms. The summed E-state index contributed by atoms with van der Waals surface area (Å²) in [7, 11) is 0. The van der Waals surface area contributed by atoms with E-state index in [2.05, 4.69) is 504 Å². The van der Waals surface area contributed by atoms with Gasteiger partial charge in [-0.1, -0.05) is 413 Å². The second-order valence-corrected chi connectivity index (χ2v) is 43.3. The average molecular weight is 1930 g/mol. The molecule has 0 saturated carbocycles. The van der Waals surface area contributed by atoms with Gasteiger partial charge in [0.05, 0.1) is 78.3 Å². The number of fused-ring (bicyclic) bond motifs is 30. The molecule has 19 aromatic carbocycles. The highest BCUT2D eigenvalue weighted by molar-refractivity contribution is 7.26. The van der Waals surface area contributed by atoms with Crippen molar-refractivity contribution in [3.8, 4) is 136 Å². The molecule has 31 rings (SSSR count). The molecule has 0 N–H and O–H groups in total. The van der Waals surface area contributed by atoms with Gasteiger partial charge in [-0.3, -0.25) is 0 Å². The molecular formula is C138H98N10S. The predicted molar refractivity (Wildman–Crippen MR) is 619 cm³/mol. The lowest BCUT2D eigenvalue weighted by molar-refractivity contribution is 0.657. The van der Waals surface area contributed by atoms with E-state index in [9.17, 15) is 0 Å². The largest absolute Gasteiger partial charge is 0.309 e. The summed E-state index contributed by atoms with van der Waals surface area (Å²) in [4.78, 5) is 31.6. The fourth-order valence-corrected chi connectivity index (χ4v) is 26.7. The van der Waals surface area contributed by atoms with Crippen LogP contribution in [0.1, 0.15) is 99.9 Å². The number of nitrogens with zero attached hydrogens (tertiary/aromatic N) is 10. The van der Waals surface area contributed by atoms with Crippen LogP contribution >= 0.6 is 11.3 Å². The molecule has 149 heavy (non-hydrogen) atoms. The van der Waals surface area contributed by atoms with Gasteiger partial charge in [-0.2, -0.15) is 0 Å². The lowest BCUT2D eigenvalue weighted by atomic mass is 9.81. The Morgan fingerprint density at radius 3 is 0.906 bits per heavy atom. The third-order valence-corrected chi connectivity index (χ3v) is 33.6. The summed E-state index contributed by atoms with van der Waals surface area (Å²) >= 11 is 1.87. The van der Waals surface area contributed by atoms with Crippen LogP contribution in [0.5, 0.6) is 0 Å². The second kappa shape index (κ2) is 33.2. The zero-order valence-corrected chi connectivity index (χ0v) is 84.4. The molecule has 0 aliphatic heterocycles. The monoisotopic (exact) mass is 1930 g/mol. The van der Waals surface area contributed by atoms with Crippen LogP contribution in [0.15, 0.2) is 449 Å². The smallest absolute Gasteiger partial charge is 0.160 e. The molecule has 11 heteroatoms. The number of hydrogen-bond donors (Lipinski definition) is 0. The van der Waals surface area contributed by atoms with E-state index in [0.29, 0.717) is 0 Å². The van der Waals surface area contributed by atoms with Crippen molar-refractivity contribution in [2.45, 2.75) is 77.0 Å². The second-order valence-electron chi connectivity index (χ2n) is 42.2. The van der Waals surface area contributed by atoms with Crippen LogP contribution in [0.3, 0.4) is 0 Å². The maximum Gasteiger partial charge on any atom is 0.160 e. The average Bonchev–Trinajstić information content (AvgIpc) is 1.54. The molecule has 10 nitrogen and oxygen atoms in total. The number of benzene rings is 19. The Labute approximate surface area is 866 Å². The van der Waals surface area contributed by atoms with Gasteiger partial charge in [0.2, 0.25) is 0 Å². The van der Waals surface area contributed by atoms with Gasteiger partial charge in [0.25, 0.3) is 0 Å². The van der Waals surface area contributed by atoms with Crippen LogP contribution in [-0.2, 0) is 21.7 Å². The van der Waals surface area contributed by atoms with Crippen LogP contribution in [0.2, 0.25) is 0 Å². The van der Waals surface area contributed by atoms with Crippen molar-refractivity contribution in [1.82, 2.24) is 48.2 Å². The van der Waals surface area contributed by atoms with E-state index < -0.39 is 0 Å². The minimum atomic E-state index is -0.249. The lowest BCUT2D eigenvalue weighted by Gasteiger charge is -2.24. The topological polar surface area (TPSA) is 97.1 Å². The maximum absolute atomic E-state index is 5.34. The Bertz CT molecular complexity index is 10200. The number of aromatic nitrogens is 10. The van der Waals surface area contributed by atoms with Gasteiger partial charge >= 0.3 is 0 Å². The number of rotatable bonds is 10. The van der Waals surface area contributed by atoms with Crippen LogP contribution in [0.25, 0.3) is 243 Å². The zero-order valence-electron chi connectivity index (χ0n) is 83.6. The van der Waals surface area contributed by atoms with Gasteiger partial charge in [0.15, 0.2) is 17.5 Å². The Balaban J connectivity index is 0.000000105. The van der Waals surface area contributed by atoms with Crippen LogP contribution in [0.4, 0.5) is 0 Å². The summed E-state index contributed by atoms with van der Waals surface area (Å²) in [6, 6.07) is 162. The Morgan fingerprint density at radius 2 is 0.483 bits per heavy atom. The van der Waals surface area contributed by atoms with Crippen molar-refractivity contribution in [2.24, 2.45) is 0 Å². The molecule has 27 aromatic rings. The van der Waals surface area contributed by atoms with Crippen LogP contribution < -0.4 is 0 Å². The first kappa shape index (κ1) is 87.4. The standard InChI is InChI=1S/C49H34N4.C46H35N3.C43H29N3S/c1-49(2)39-22-12-9-20-37(39)46-44(49)45(50-48(51-46)32-15-5-3-6-16-32)31-25-27-34(28-26-31)53-40-23-13-10-19-35(40)36-29-30-42-43(47(36)53)38-21-11-14-24-41(38)52(42)33-17-7-4-8-18-33;1-45(2)35-19-11-8-17-33(35)39-37(45)27-26-32-31-16-10-13-21-38(31)49(43(32)39)30-24-22-28(23-25-30)41-40-42(34-18-9-12-20-36(34)46(40,3)4)48-44(47-41)29-14-6-5-7-15-29;1-43(2)33-17-9-6-15-31(33)40-38(43)39(44-42(45-40)27-12-4-3-5-13-27)26-20-22-28(23-21-26)46-34-18-10-7-14-29(34)30-24-25-36-37(41(30)46)32-16-8-11-19-35(32)47-36/h3-30H,1-2H3;5-27H,1-4H3;3-25H,1-2H3. The van der Waals surface area contributed by atoms with Crippen molar-refractivity contribution >= 4 is 119 Å². The molecule has 0 saturated heterocycles. The molecule has 0 spiro atoms. The van der Waals surface area contributed by atoms with E-state index in [4.69, 9.17) is 29.9 Å². The molecule has 4 aliphatic rings. The van der Waals surface area contributed by atoms with E-state index in [1.54, 1.807) is 0 Å². The fraction of sp³-hybridized carbons (Fsp3) is 0.0870. The fourth-order valence-electron chi connectivity index (χ4n) is 25.6. The van der Waals surface area contributed by atoms with Gasteiger partial charge in [0.1, 0.15) is 0 Å². The third kappa shape index (κ3) is 13.1. The predicted octanol–water partition coefficient (Wildman–Crippen LogP) is 35.4. The number of thiophene rings is 1. The molecule has 8 aromatic heterocycles. The first-order valence-electron chi connectivity index (χ1n) is 51.6. The molecular weight excluding hydrogens is 1830 g/mol. The maximum atomic E-state index is 5.34. The van der Waals surface area contributed by atoms with Gasteiger partial charge in [-0.05, 0) is 124 Å². The minimum Gasteiger partial charge on any atom is -0.309 e. The van der Waals surface area contributed by atoms with Crippen LogP contribution in [-0.4, -0.2) is 48.2 Å². The zero-order chi connectivity index (χ0) is 99.6. The normalized spacial score (nSPS) is 13.9. The quantitative estimate of drug-likeness (QED) is 0.135. The number of hydrogen-bond acceptors (Lipinski definition) is 7. The molecule has 0 fully saturated rings. The first-order valence-corrected chi connectivity index (χ1v) is 52.4. The first-order chi connectivity index (χ1) is 73.0. The molecule has 0 radical (unpaired) electrons. The molecule has 4 aliphatic carbocycles. The summed E-state index contributed by atoms with van der Waals surface area (Å²) in [5, 5.41) is 12.7. The lowest BCUT2D eigenvalue weighted by Crippen LogP contribution is -2.17. The summed E-state index contributed by atoms with van der Waals surface area (Å²) in [6.07, 6.45) is 0. The number of para-hydroxylation sites is 5. The van der Waals surface area contributed by atoms with E-state index in [-0.39, 0.29) is 21.7 Å². The van der Waals surface area contributed by atoms with E-state index in [1.165, 1.54) is 180 Å². The van der Waals surface area contributed by atoms with E-state index >= 15 is 0 Å². The molecule has 0 amide bonds. The highest BCUT2D eigenvalue weighted by Gasteiger charge is 2.45. The van der Waals surface area contributed by atoms with Gasteiger partial charge in [-0.15, -0.1) is 11.3 Å². The minimum absolute atomic E-state index is 0.0699. The Hall–Kier alpha value is -18.2. The SMILES string of the molecule is CC1(C)c2ccccc2-c2c1ccc1c3ccccc3n(-c3ccc(-c4nc(-c5ccccc5)nc5c4C(C)(C)c4ccccc4-5)cc3)c21.CC1(C)c2ccccc2-c2nc(-c3ccccc3)nc(-c3ccc(-n4c5ccccc5c5ccc6c(c7ccccc7n6-c6ccccc6)c54)cc3)c21.CC1(C)c2ccccc2-c2nc(-c3ccccc3)nc(-c3ccc(-n4c5ccccc5c5ccc6sc7ccccc7c6c54)cc3)c21. The van der Waals surface area contributed by atoms with Crippen LogP contribution in [0, 0.1) is 0 Å². The molecule has 8 heterocycles. The van der Waals surface area contributed by atoms with Crippen molar-refractivity contribution < 1.29 is 0 Å². The van der Waals surface area contributed by atoms with Crippen molar-refractivity contribution in [2.75, 3.05) is 0 Å². The van der Waals surface area contributed by atoms with Gasteiger partial charge in [-0.25, -0.2) is 29.9 Å². The molecule has 0 atom stereocenters. The van der Waals surface area contributed by atoms with Crippen molar-refractivity contribution in [1.29, 1.82) is 0 Å². The Morgan fingerprint density at radius 1 is 0.181 bits per heavy atom. The van der Waals surface area contributed by atoms with Gasteiger partial charge in [0, 0.05) is 180 Å². The van der Waals surface area contributed by atoms with E-state index in [1.807, 2.05) is 29.5 Å². The summed E-state index contributed by atoms with van der Waals surface area (Å²) < 4.78 is 12.4. The van der Waals surface area contributed by atoms with Crippen molar-refractivity contribution in [3.05, 3.63) is 493 Å².